The third-order valence-corrected chi connectivity index (χ3v) is 3.27. The minimum Gasteiger partial charge on any atom is -0.480 e. The number of carbonyl (C=O) groups is 2. The van der Waals surface area contributed by atoms with Gasteiger partial charge in [-0.3, -0.25) is 9.78 Å². The molecule has 20 heavy (non-hydrogen) atoms. The van der Waals surface area contributed by atoms with Crippen molar-refractivity contribution in [2.75, 3.05) is 20.1 Å². The van der Waals surface area contributed by atoms with Crippen molar-refractivity contribution in [2.24, 2.45) is 5.92 Å². The standard InChI is InChI=1S/C14H19N3O3/c1-16(8-12-4-6-15-7-5-12)14(20)17(10-13(18)19)9-11-2-3-11/h4-7,11H,2-3,8-10H2,1H3,(H,18,19). The van der Waals surface area contributed by atoms with Crippen LogP contribution in [0.2, 0.25) is 0 Å². The molecule has 1 fully saturated rings. The number of aliphatic carboxylic acids is 1. The Morgan fingerprint density at radius 3 is 2.55 bits per heavy atom. The first kappa shape index (κ1) is 14.3. The van der Waals surface area contributed by atoms with Crippen LogP contribution in [0.5, 0.6) is 0 Å². The third kappa shape index (κ3) is 4.22. The molecule has 1 aromatic heterocycles. The summed E-state index contributed by atoms with van der Waals surface area (Å²) in [7, 11) is 1.69. The van der Waals surface area contributed by atoms with E-state index in [1.165, 1.54) is 4.90 Å². The molecular formula is C14H19N3O3. The second-order valence-electron chi connectivity index (χ2n) is 5.21. The lowest BCUT2D eigenvalue weighted by Gasteiger charge is -2.27. The zero-order valence-corrected chi connectivity index (χ0v) is 11.5. The van der Waals surface area contributed by atoms with Crippen LogP contribution in [0.25, 0.3) is 0 Å². The Morgan fingerprint density at radius 2 is 2.00 bits per heavy atom. The number of rotatable bonds is 6. The summed E-state index contributed by atoms with van der Waals surface area (Å²) in [5, 5.41) is 8.92. The summed E-state index contributed by atoms with van der Waals surface area (Å²) < 4.78 is 0. The van der Waals surface area contributed by atoms with Crippen LogP contribution >= 0.6 is 0 Å². The van der Waals surface area contributed by atoms with E-state index in [1.54, 1.807) is 24.3 Å². The van der Waals surface area contributed by atoms with E-state index >= 15 is 0 Å². The van der Waals surface area contributed by atoms with Gasteiger partial charge < -0.3 is 14.9 Å². The number of hydrogen-bond acceptors (Lipinski definition) is 3. The van der Waals surface area contributed by atoms with Gasteiger partial charge in [-0.05, 0) is 36.5 Å². The predicted molar refractivity (Wildman–Crippen MR) is 73.0 cm³/mol. The molecule has 0 unspecified atom stereocenters. The highest BCUT2D eigenvalue weighted by molar-refractivity contribution is 5.80. The Morgan fingerprint density at radius 1 is 1.35 bits per heavy atom. The summed E-state index contributed by atoms with van der Waals surface area (Å²) in [4.78, 5) is 30.1. The zero-order chi connectivity index (χ0) is 14.5. The first-order valence-corrected chi connectivity index (χ1v) is 6.67. The van der Waals surface area contributed by atoms with Crippen LogP contribution in [0, 0.1) is 5.92 Å². The van der Waals surface area contributed by atoms with Gasteiger partial charge in [-0.2, -0.15) is 0 Å². The lowest BCUT2D eigenvalue weighted by Crippen LogP contribution is -2.44. The predicted octanol–water partition coefficient (Wildman–Crippen LogP) is 1.43. The normalized spacial score (nSPS) is 13.8. The highest BCUT2D eigenvalue weighted by Crippen LogP contribution is 2.29. The van der Waals surface area contributed by atoms with Crippen molar-refractivity contribution in [3.8, 4) is 0 Å². The van der Waals surface area contributed by atoms with Gasteiger partial charge in [0.2, 0.25) is 0 Å². The van der Waals surface area contributed by atoms with Crippen LogP contribution in [-0.4, -0.2) is 52.0 Å². The summed E-state index contributed by atoms with van der Waals surface area (Å²) in [5.74, 6) is -0.510. The Bertz CT molecular complexity index is 474. The smallest absolute Gasteiger partial charge is 0.323 e. The molecule has 0 bridgehead atoms. The molecule has 0 saturated heterocycles. The van der Waals surface area contributed by atoms with Crippen LogP contribution in [0.1, 0.15) is 18.4 Å². The van der Waals surface area contributed by atoms with Crippen LogP contribution in [0.3, 0.4) is 0 Å². The molecule has 0 radical (unpaired) electrons. The summed E-state index contributed by atoms with van der Waals surface area (Å²) in [6.45, 7) is 0.740. The fraction of sp³-hybridized carbons (Fsp3) is 0.500. The fourth-order valence-corrected chi connectivity index (χ4v) is 2.06. The Balaban J connectivity index is 1.96. The minimum absolute atomic E-state index is 0.240. The summed E-state index contributed by atoms with van der Waals surface area (Å²) in [5.41, 5.74) is 0.970. The number of pyridine rings is 1. The average Bonchev–Trinajstić information content (AvgIpc) is 3.21. The molecule has 0 aromatic carbocycles. The Labute approximate surface area is 118 Å². The van der Waals surface area contributed by atoms with E-state index in [2.05, 4.69) is 4.98 Å². The maximum Gasteiger partial charge on any atom is 0.323 e. The third-order valence-electron chi connectivity index (χ3n) is 3.27. The molecule has 6 heteroatoms. The summed E-state index contributed by atoms with van der Waals surface area (Å²) in [6.07, 6.45) is 5.51. The molecule has 1 saturated carbocycles. The second kappa shape index (κ2) is 6.36. The van der Waals surface area contributed by atoms with Gasteiger partial charge in [-0.15, -0.1) is 0 Å². The first-order chi connectivity index (χ1) is 9.56. The van der Waals surface area contributed by atoms with Gasteiger partial charge in [-0.25, -0.2) is 4.79 Å². The maximum absolute atomic E-state index is 12.3. The molecule has 1 aliphatic rings. The summed E-state index contributed by atoms with van der Waals surface area (Å²) in [6, 6.07) is 3.44. The van der Waals surface area contributed by atoms with Crippen LogP contribution < -0.4 is 0 Å². The topological polar surface area (TPSA) is 73.7 Å². The van der Waals surface area contributed by atoms with Gasteiger partial charge in [0, 0.05) is 32.5 Å². The molecule has 1 aromatic rings. The molecule has 2 rings (SSSR count). The number of urea groups is 1. The number of hydrogen-bond donors (Lipinski definition) is 1. The quantitative estimate of drug-likeness (QED) is 0.853. The van der Waals surface area contributed by atoms with Crippen molar-refractivity contribution in [1.82, 2.24) is 14.8 Å². The Kier molecular flexibility index (Phi) is 4.55. The summed E-state index contributed by atoms with van der Waals surface area (Å²) >= 11 is 0. The van der Waals surface area contributed by atoms with E-state index in [4.69, 9.17) is 5.11 Å². The van der Waals surface area contributed by atoms with E-state index in [0.29, 0.717) is 19.0 Å². The van der Waals surface area contributed by atoms with Gasteiger partial charge >= 0.3 is 12.0 Å². The Hall–Kier alpha value is -2.11. The number of nitrogens with zero attached hydrogens (tertiary/aromatic N) is 3. The molecule has 1 aliphatic carbocycles. The lowest BCUT2D eigenvalue weighted by molar-refractivity contribution is -0.137. The highest BCUT2D eigenvalue weighted by Gasteiger charge is 2.29. The molecule has 0 aliphatic heterocycles. The van der Waals surface area contributed by atoms with Gasteiger partial charge in [-0.1, -0.05) is 0 Å². The van der Waals surface area contributed by atoms with Crippen molar-refractivity contribution in [2.45, 2.75) is 19.4 Å². The van der Waals surface area contributed by atoms with E-state index in [1.807, 2.05) is 12.1 Å². The largest absolute Gasteiger partial charge is 0.480 e. The van der Waals surface area contributed by atoms with E-state index < -0.39 is 5.97 Å². The van der Waals surface area contributed by atoms with Crippen molar-refractivity contribution in [1.29, 1.82) is 0 Å². The first-order valence-electron chi connectivity index (χ1n) is 6.67. The van der Waals surface area contributed by atoms with E-state index in [0.717, 1.165) is 18.4 Å². The molecule has 108 valence electrons. The lowest BCUT2D eigenvalue weighted by atomic mass is 10.2. The number of carboxylic acids is 1. The number of carboxylic acid groups (broad SMARTS) is 1. The number of carbonyl (C=O) groups excluding carboxylic acids is 1. The fourth-order valence-electron chi connectivity index (χ4n) is 2.06. The minimum atomic E-state index is -0.976. The van der Waals surface area contributed by atoms with Gasteiger partial charge in [0.05, 0.1) is 0 Å². The van der Waals surface area contributed by atoms with Crippen LogP contribution in [0.4, 0.5) is 4.79 Å². The molecule has 0 spiro atoms. The van der Waals surface area contributed by atoms with Gasteiger partial charge in [0.15, 0.2) is 0 Å². The van der Waals surface area contributed by atoms with Crippen molar-refractivity contribution in [3.05, 3.63) is 30.1 Å². The van der Waals surface area contributed by atoms with Gasteiger partial charge in [0.1, 0.15) is 6.54 Å². The molecular weight excluding hydrogens is 258 g/mol. The maximum atomic E-state index is 12.3. The number of aromatic nitrogens is 1. The van der Waals surface area contributed by atoms with Crippen molar-refractivity contribution < 1.29 is 14.7 Å². The van der Waals surface area contributed by atoms with Crippen LogP contribution in [-0.2, 0) is 11.3 Å². The average molecular weight is 277 g/mol. The number of amides is 2. The van der Waals surface area contributed by atoms with Crippen molar-refractivity contribution >= 4 is 12.0 Å². The molecule has 6 nitrogen and oxygen atoms in total. The molecule has 0 atom stereocenters. The van der Waals surface area contributed by atoms with Crippen LogP contribution in [0.15, 0.2) is 24.5 Å². The van der Waals surface area contributed by atoms with Crippen molar-refractivity contribution in [3.63, 3.8) is 0 Å². The van der Waals surface area contributed by atoms with E-state index in [-0.39, 0.29) is 12.6 Å². The molecule has 1 N–H and O–H groups in total. The molecule has 2 amide bonds. The molecule has 1 heterocycles. The monoisotopic (exact) mass is 277 g/mol. The second-order valence-corrected chi connectivity index (χ2v) is 5.21. The zero-order valence-electron chi connectivity index (χ0n) is 11.5. The van der Waals surface area contributed by atoms with E-state index in [9.17, 15) is 9.59 Å². The highest BCUT2D eigenvalue weighted by atomic mass is 16.4. The van der Waals surface area contributed by atoms with Gasteiger partial charge in [0.25, 0.3) is 0 Å². The SMILES string of the molecule is CN(Cc1ccncc1)C(=O)N(CC(=O)O)CC1CC1.